The highest BCUT2D eigenvalue weighted by atomic mass is 15.3. The summed E-state index contributed by atoms with van der Waals surface area (Å²) in [5, 5.41) is 0. The quantitative estimate of drug-likeness (QED) is 0.758. The second kappa shape index (κ2) is 3.98. The predicted octanol–water partition coefficient (Wildman–Crippen LogP) is 1.35. The second-order valence-corrected chi connectivity index (χ2v) is 4.76. The molecule has 0 aromatic heterocycles. The van der Waals surface area contributed by atoms with Crippen molar-refractivity contribution in [2.45, 2.75) is 18.9 Å². The van der Waals surface area contributed by atoms with Crippen molar-refractivity contribution in [3.63, 3.8) is 0 Å². The van der Waals surface area contributed by atoms with E-state index in [0.29, 0.717) is 0 Å². The van der Waals surface area contributed by atoms with Crippen LogP contribution in [0.2, 0.25) is 0 Å². The molecule has 2 aliphatic rings. The van der Waals surface area contributed by atoms with Gasteiger partial charge in [-0.1, -0.05) is 0 Å². The minimum Gasteiger partial charge on any atom is -0.399 e. The molecule has 0 unspecified atom stereocenters. The van der Waals surface area contributed by atoms with Gasteiger partial charge in [0.15, 0.2) is 0 Å². The van der Waals surface area contributed by atoms with Crippen LogP contribution in [0.15, 0.2) is 18.2 Å². The van der Waals surface area contributed by atoms with E-state index in [1.54, 1.807) is 0 Å². The van der Waals surface area contributed by atoms with Gasteiger partial charge in [-0.05, 0) is 31.0 Å². The summed E-state index contributed by atoms with van der Waals surface area (Å²) in [6.45, 7) is 4.64. The van der Waals surface area contributed by atoms with E-state index in [2.05, 4.69) is 21.9 Å². The second-order valence-electron chi connectivity index (χ2n) is 4.76. The maximum Gasteiger partial charge on any atom is 0.0449 e. The Balaban J connectivity index is 1.62. The van der Waals surface area contributed by atoms with Gasteiger partial charge in [-0.2, -0.15) is 0 Å². The molecular formula is C13H18N3. The monoisotopic (exact) mass is 216 g/mol. The molecule has 2 fully saturated rings. The average molecular weight is 216 g/mol. The molecule has 16 heavy (non-hydrogen) atoms. The molecule has 2 N–H and O–H groups in total. The third kappa shape index (κ3) is 2.00. The lowest BCUT2D eigenvalue weighted by atomic mass is 10.2. The number of hydrogen-bond acceptors (Lipinski definition) is 3. The number of hydrogen-bond donors (Lipinski definition) is 1. The Kier molecular flexibility index (Phi) is 2.48. The summed E-state index contributed by atoms with van der Waals surface area (Å²) in [5.41, 5.74) is 7.65. The van der Waals surface area contributed by atoms with Crippen LogP contribution in [0.3, 0.4) is 0 Å². The van der Waals surface area contributed by atoms with E-state index < -0.39 is 0 Å². The fourth-order valence-corrected chi connectivity index (χ4v) is 2.39. The fraction of sp³-hybridized carbons (Fsp3) is 0.538. The molecule has 0 atom stereocenters. The van der Waals surface area contributed by atoms with Gasteiger partial charge in [0.05, 0.1) is 0 Å². The lowest BCUT2D eigenvalue weighted by molar-refractivity contribution is 0.248. The van der Waals surface area contributed by atoms with Gasteiger partial charge in [0.2, 0.25) is 0 Å². The third-order valence-electron chi connectivity index (χ3n) is 3.54. The first-order chi connectivity index (χ1) is 7.83. The van der Waals surface area contributed by atoms with Crippen LogP contribution in [0.1, 0.15) is 12.8 Å². The van der Waals surface area contributed by atoms with Crippen LogP contribution < -0.4 is 10.6 Å². The summed E-state index contributed by atoms with van der Waals surface area (Å²) in [4.78, 5) is 5.02. The highest BCUT2D eigenvalue weighted by Gasteiger charge is 2.31. The summed E-state index contributed by atoms with van der Waals surface area (Å²) in [6.07, 6.45) is 2.82. The van der Waals surface area contributed by atoms with Crippen molar-refractivity contribution in [2.75, 3.05) is 36.8 Å². The minimum absolute atomic E-state index is 0.792. The van der Waals surface area contributed by atoms with Gasteiger partial charge in [-0.25, -0.2) is 0 Å². The Morgan fingerprint density at radius 2 is 1.88 bits per heavy atom. The smallest absolute Gasteiger partial charge is 0.0449 e. The van der Waals surface area contributed by atoms with Crippen LogP contribution in [0.25, 0.3) is 0 Å². The molecule has 1 aromatic rings. The van der Waals surface area contributed by atoms with Gasteiger partial charge < -0.3 is 10.6 Å². The zero-order valence-electron chi connectivity index (χ0n) is 9.52. The summed E-state index contributed by atoms with van der Waals surface area (Å²) < 4.78 is 0. The van der Waals surface area contributed by atoms with Gasteiger partial charge in [0, 0.05) is 49.7 Å². The molecule has 1 aliphatic heterocycles. The van der Waals surface area contributed by atoms with Crippen molar-refractivity contribution in [2.24, 2.45) is 0 Å². The molecule has 1 radical (unpaired) electrons. The van der Waals surface area contributed by atoms with Crippen LogP contribution in [0.4, 0.5) is 11.4 Å². The number of benzene rings is 1. The van der Waals surface area contributed by atoms with Crippen molar-refractivity contribution >= 4 is 11.4 Å². The number of anilines is 2. The Morgan fingerprint density at radius 3 is 2.44 bits per heavy atom. The van der Waals surface area contributed by atoms with Gasteiger partial charge >= 0.3 is 0 Å². The molecule has 1 saturated carbocycles. The van der Waals surface area contributed by atoms with E-state index in [1.165, 1.54) is 31.6 Å². The standard InChI is InChI=1S/C13H18N3/c14-11-1-3-12(4-2-11)15-7-9-16(10-8-15)13-5-6-13/h1-3,13H,5-10,14H2. The zero-order chi connectivity index (χ0) is 11.0. The first kappa shape index (κ1) is 9.97. The van der Waals surface area contributed by atoms with E-state index in [1.807, 2.05) is 12.1 Å². The predicted molar refractivity (Wildman–Crippen MR) is 66.5 cm³/mol. The molecule has 1 saturated heterocycles. The summed E-state index contributed by atoms with van der Waals surface area (Å²) in [5.74, 6) is 0. The molecule has 0 spiro atoms. The van der Waals surface area contributed by atoms with Gasteiger partial charge in [-0.3, -0.25) is 4.90 Å². The highest BCUT2D eigenvalue weighted by molar-refractivity contribution is 5.52. The van der Waals surface area contributed by atoms with Crippen LogP contribution in [-0.4, -0.2) is 37.1 Å². The summed E-state index contributed by atoms with van der Waals surface area (Å²) in [6, 6.07) is 10.0. The van der Waals surface area contributed by atoms with Crippen LogP contribution >= 0.6 is 0 Å². The minimum atomic E-state index is 0.792. The lowest BCUT2D eigenvalue weighted by Gasteiger charge is -2.36. The molecule has 0 bridgehead atoms. The number of nitrogens with zero attached hydrogens (tertiary/aromatic N) is 2. The van der Waals surface area contributed by atoms with Crippen LogP contribution in [0.5, 0.6) is 0 Å². The van der Waals surface area contributed by atoms with Crippen molar-refractivity contribution in [1.82, 2.24) is 4.90 Å². The fourth-order valence-electron chi connectivity index (χ4n) is 2.39. The molecule has 3 rings (SSSR count). The molecule has 1 heterocycles. The van der Waals surface area contributed by atoms with Crippen LogP contribution in [-0.2, 0) is 0 Å². The Hall–Kier alpha value is -1.22. The summed E-state index contributed by atoms with van der Waals surface area (Å²) >= 11 is 0. The van der Waals surface area contributed by atoms with Crippen molar-refractivity contribution in [3.05, 3.63) is 24.3 Å². The third-order valence-corrected chi connectivity index (χ3v) is 3.54. The first-order valence-corrected chi connectivity index (χ1v) is 6.09. The SMILES string of the molecule is Nc1c[c]c(N2CCN(C3CC3)CC2)cc1. The molecule has 1 aliphatic carbocycles. The van der Waals surface area contributed by atoms with Crippen molar-refractivity contribution in [1.29, 1.82) is 0 Å². The average Bonchev–Trinajstić information content (AvgIpc) is 3.14. The van der Waals surface area contributed by atoms with Crippen molar-refractivity contribution in [3.8, 4) is 0 Å². The Bertz CT molecular complexity index is 348. The largest absolute Gasteiger partial charge is 0.399 e. The first-order valence-electron chi connectivity index (χ1n) is 6.09. The normalized spacial score (nSPS) is 22.4. The van der Waals surface area contributed by atoms with Gasteiger partial charge in [-0.15, -0.1) is 0 Å². The molecule has 85 valence electrons. The molecule has 3 heteroatoms. The Labute approximate surface area is 96.8 Å². The Morgan fingerprint density at radius 1 is 1.12 bits per heavy atom. The molecule has 1 aromatic carbocycles. The number of nitrogens with two attached hydrogens (primary N) is 1. The van der Waals surface area contributed by atoms with Crippen LogP contribution in [0, 0.1) is 6.07 Å². The van der Waals surface area contributed by atoms with E-state index in [4.69, 9.17) is 5.73 Å². The topological polar surface area (TPSA) is 32.5 Å². The summed E-state index contributed by atoms with van der Waals surface area (Å²) in [7, 11) is 0. The highest BCUT2D eigenvalue weighted by Crippen LogP contribution is 2.28. The zero-order valence-corrected chi connectivity index (χ0v) is 9.52. The van der Waals surface area contributed by atoms with Gasteiger partial charge in [0.25, 0.3) is 0 Å². The molecule has 0 amide bonds. The van der Waals surface area contributed by atoms with E-state index in [9.17, 15) is 0 Å². The molecular weight excluding hydrogens is 198 g/mol. The molecule has 3 nitrogen and oxygen atoms in total. The van der Waals surface area contributed by atoms with E-state index >= 15 is 0 Å². The van der Waals surface area contributed by atoms with Gasteiger partial charge in [0.1, 0.15) is 0 Å². The lowest BCUT2D eigenvalue weighted by Crippen LogP contribution is -2.47. The number of nitrogen functional groups attached to an aromatic ring is 1. The maximum atomic E-state index is 5.67. The number of rotatable bonds is 2. The number of piperazine rings is 1. The maximum absolute atomic E-state index is 5.67. The van der Waals surface area contributed by atoms with E-state index in [0.717, 1.165) is 24.8 Å². The van der Waals surface area contributed by atoms with E-state index in [-0.39, 0.29) is 0 Å². The van der Waals surface area contributed by atoms with Crippen molar-refractivity contribution < 1.29 is 0 Å².